The highest BCUT2D eigenvalue weighted by atomic mass is 28.3. The molecule has 2 heterocycles. The summed E-state index contributed by atoms with van der Waals surface area (Å²) in [5, 5.41) is 1.42. The zero-order valence-corrected chi connectivity index (χ0v) is 25.0. The third-order valence-corrected chi connectivity index (χ3v) is 10.5. The molecule has 2 aliphatic rings. The Balaban J connectivity index is 1.11. The molecular formula is C33H39FN3O2Si. The van der Waals surface area contributed by atoms with Crippen molar-refractivity contribution < 1.29 is 13.6 Å². The van der Waals surface area contributed by atoms with Crippen LogP contribution >= 0.6 is 0 Å². The van der Waals surface area contributed by atoms with Gasteiger partial charge in [0.2, 0.25) is 0 Å². The van der Waals surface area contributed by atoms with Crippen molar-refractivity contribution >= 4 is 25.8 Å². The van der Waals surface area contributed by atoms with E-state index in [2.05, 4.69) is 56.0 Å². The predicted octanol–water partition coefficient (Wildman–Crippen LogP) is 5.15. The highest BCUT2D eigenvalue weighted by Crippen LogP contribution is 2.27. The van der Waals surface area contributed by atoms with E-state index in [1.807, 2.05) is 36.1 Å². The van der Waals surface area contributed by atoms with Gasteiger partial charge in [0.15, 0.2) is 0 Å². The van der Waals surface area contributed by atoms with Crippen molar-refractivity contribution in [3.05, 3.63) is 100 Å². The van der Waals surface area contributed by atoms with E-state index in [9.17, 15) is 9.18 Å². The largest absolute Gasteiger partial charge is 0.410 e. The molecule has 40 heavy (non-hydrogen) atoms. The number of carbonyl (C=O) groups is 1. The lowest BCUT2D eigenvalue weighted by Crippen LogP contribution is -2.50. The highest BCUT2D eigenvalue weighted by molar-refractivity contribution is 6.70. The van der Waals surface area contributed by atoms with Gasteiger partial charge in [-0.15, -0.1) is 0 Å². The molecule has 1 fully saturated rings. The van der Waals surface area contributed by atoms with E-state index < -0.39 is 9.04 Å². The first-order valence-electron chi connectivity index (χ1n) is 14.2. The Morgan fingerprint density at radius 2 is 1.70 bits per heavy atom. The van der Waals surface area contributed by atoms with Gasteiger partial charge in [-0.3, -0.25) is 14.7 Å². The van der Waals surface area contributed by atoms with Crippen LogP contribution in [-0.2, 0) is 17.4 Å². The molecule has 3 aromatic rings. The van der Waals surface area contributed by atoms with Crippen LogP contribution in [0, 0.1) is 12.7 Å². The average Bonchev–Trinajstić information content (AvgIpc) is 2.95. The van der Waals surface area contributed by atoms with Gasteiger partial charge in [0, 0.05) is 57.0 Å². The molecule has 0 spiro atoms. The summed E-state index contributed by atoms with van der Waals surface area (Å²) in [4.78, 5) is 22.3. The van der Waals surface area contributed by atoms with Gasteiger partial charge in [-0.25, -0.2) is 4.39 Å². The van der Waals surface area contributed by atoms with Crippen LogP contribution < -0.4 is 5.19 Å². The molecule has 0 aromatic heterocycles. The first kappa shape index (κ1) is 28.4. The number of benzene rings is 3. The number of aliphatic imine (C=N–C) groups is 1. The molecule has 1 amide bonds. The second-order valence-corrected chi connectivity index (χ2v) is 14.8. The van der Waals surface area contributed by atoms with Crippen LogP contribution in [0.2, 0.25) is 5.04 Å². The summed E-state index contributed by atoms with van der Waals surface area (Å²) in [7, 11) is -1.14. The van der Waals surface area contributed by atoms with Gasteiger partial charge in [-0.2, -0.15) is 0 Å². The minimum atomic E-state index is -1.14. The maximum atomic E-state index is 13.8. The smallest absolute Gasteiger partial charge is 0.253 e. The number of carbonyl (C=O) groups excluding carboxylic acids is 1. The first-order chi connectivity index (χ1) is 19.2. The predicted molar refractivity (Wildman–Crippen MR) is 161 cm³/mol. The third-order valence-electron chi connectivity index (χ3n) is 7.81. The Kier molecular flexibility index (Phi) is 8.64. The van der Waals surface area contributed by atoms with Crippen molar-refractivity contribution in [3.63, 3.8) is 0 Å². The number of nitrogens with zero attached hydrogens (tertiary/aromatic N) is 3. The SMILES string of the molecule is Cc1cc(F)cc2c1CC(c1ccc(C(=O)N3CCN(CCO[Si](c4ccccc4)C(C)(C)C)CC3)cc1)=NC2. The second-order valence-electron chi connectivity index (χ2n) is 11.8. The molecule has 5 rings (SSSR count). The monoisotopic (exact) mass is 556 g/mol. The normalized spacial score (nSPS) is 16.1. The van der Waals surface area contributed by atoms with Gasteiger partial charge in [0.05, 0.1) is 6.54 Å². The summed E-state index contributed by atoms with van der Waals surface area (Å²) in [5.74, 6) is -0.127. The molecule has 0 bridgehead atoms. The summed E-state index contributed by atoms with van der Waals surface area (Å²) < 4.78 is 20.2. The van der Waals surface area contributed by atoms with Crippen LogP contribution in [0.5, 0.6) is 0 Å². The molecule has 5 nitrogen and oxygen atoms in total. The molecule has 0 saturated carbocycles. The van der Waals surface area contributed by atoms with E-state index >= 15 is 0 Å². The lowest BCUT2D eigenvalue weighted by molar-refractivity contribution is 0.0619. The lowest BCUT2D eigenvalue weighted by atomic mass is 9.91. The fourth-order valence-corrected chi connectivity index (χ4v) is 7.85. The number of hydrogen-bond donors (Lipinski definition) is 0. The summed E-state index contributed by atoms with van der Waals surface area (Å²) in [5.41, 5.74) is 5.79. The van der Waals surface area contributed by atoms with E-state index in [0.29, 0.717) is 25.1 Å². The molecule has 0 aliphatic carbocycles. The quantitative estimate of drug-likeness (QED) is 0.378. The van der Waals surface area contributed by atoms with Crippen molar-refractivity contribution in [2.45, 2.75) is 45.7 Å². The maximum absolute atomic E-state index is 13.8. The Labute approximate surface area is 239 Å². The van der Waals surface area contributed by atoms with E-state index in [4.69, 9.17) is 9.42 Å². The summed E-state index contributed by atoms with van der Waals surface area (Å²) >= 11 is 0. The maximum Gasteiger partial charge on any atom is 0.253 e. The van der Waals surface area contributed by atoms with Gasteiger partial charge in [-0.1, -0.05) is 63.2 Å². The summed E-state index contributed by atoms with van der Waals surface area (Å²) in [6.07, 6.45) is 0.685. The molecule has 0 atom stereocenters. The van der Waals surface area contributed by atoms with E-state index in [1.165, 1.54) is 5.19 Å². The van der Waals surface area contributed by atoms with Crippen molar-refractivity contribution in [2.75, 3.05) is 39.3 Å². The Morgan fingerprint density at radius 3 is 2.38 bits per heavy atom. The number of piperazine rings is 1. The standard InChI is InChI=1S/C33H39FN3O2Si/c1-24-20-28(34)21-27-23-35-31(22-30(24)27)25-10-12-26(13-11-25)32(38)37-16-14-36(15-17-37)18-19-39-40(33(2,3)4)29-8-6-5-7-9-29/h5-13,20-21H,14-19,22-23H2,1-4H3. The van der Waals surface area contributed by atoms with Gasteiger partial charge < -0.3 is 9.33 Å². The van der Waals surface area contributed by atoms with Crippen molar-refractivity contribution in [1.29, 1.82) is 0 Å². The van der Waals surface area contributed by atoms with Crippen LogP contribution in [-0.4, -0.2) is 69.8 Å². The topological polar surface area (TPSA) is 45.1 Å². The Bertz CT molecular complexity index is 1360. The van der Waals surface area contributed by atoms with Crippen molar-refractivity contribution in [3.8, 4) is 0 Å². The Hall–Kier alpha value is -3.13. The number of hydrogen-bond acceptors (Lipinski definition) is 4. The molecule has 3 aromatic carbocycles. The lowest BCUT2D eigenvalue weighted by Gasteiger charge is -2.35. The molecule has 2 aliphatic heterocycles. The molecule has 0 unspecified atom stereocenters. The van der Waals surface area contributed by atoms with Gasteiger partial charge >= 0.3 is 0 Å². The van der Waals surface area contributed by atoms with Gasteiger partial charge in [-0.05, 0) is 63.7 Å². The molecule has 0 N–H and O–H groups in total. The molecule has 209 valence electrons. The molecular weight excluding hydrogens is 517 g/mol. The third kappa shape index (κ3) is 6.60. The molecule has 1 radical (unpaired) electrons. The van der Waals surface area contributed by atoms with Crippen LogP contribution in [0.1, 0.15) is 53.4 Å². The number of halogens is 1. The van der Waals surface area contributed by atoms with E-state index in [1.54, 1.807) is 12.1 Å². The Morgan fingerprint density at radius 1 is 1.00 bits per heavy atom. The summed E-state index contributed by atoms with van der Waals surface area (Å²) in [6, 6.07) is 21.6. The van der Waals surface area contributed by atoms with Crippen LogP contribution in [0.25, 0.3) is 0 Å². The van der Waals surface area contributed by atoms with Crippen LogP contribution in [0.3, 0.4) is 0 Å². The van der Waals surface area contributed by atoms with E-state index in [0.717, 1.165) is 60.7 Å². The zero-order valence-electron chi connectivity index (χ0n) is 24.0. The van der Waals surface area contributed by atoms with Gasteiger partial charge in [0.1, 0.15) is 5.82 Å². The summed E-state index contributed by atoms with van der Waals surface area (Å²) in [6.45, 7) is 14.0. The minimum absolute atomic E-state index is 0.0759. The number of aryl methyl sites for hydroxylation is 1. The second kappa shape index (κ2) is 12.2. The van der Waals surface area contributed by atoms with Crippen LogP contribution in [0.15, 0.2) is 71.7 Å². The van der Waals surface area contributed by atoms with Crippen LogP contribution in [0.4, 0.5) is 4.39 Å². The fourth-order valence-electron chi connectivity index (χ4n) is 5.60. The first-order valence-corrected chi connectivity index (χ1v) is 15.6. The fraction of sp³-hybridized carbons (Fsp3) is 0.394. The molecule has 7 heteroatoms. The average molecular weight is 557 g/mol. The van der Waals surface area contributed by atoms with Crippen molar-refractivity contribution in [2.24, 2.45) is 4.99 Å². The zero-order chi connectivity index (χ0) is 28.3. The highest BCUT2D eigenvalue weighted by Gasteiger charge is 2.31. The van der Waals surface area contributed by atoms with E-state index in [-0.39, 0.29) is 16.8 Å². The number of amides is 1. The minimum Gasteiger partial charge on any atom is -0.410 e. The van der Waals surface area contributed by atoms with Gasteiger partial charge in [0.25, 0.3) is 14.9 Å². The number of rotatable bonds is 7. The molecule has 1 saturated heterocycles. The number of fused-ring (bicyclic) bond motifs is 1. The van der Waals surface area contributed by atoms with Crippen molar-refractivity contribution in [1.82, 2.24) is 9.80 Å².